The minimum Gasteiger partial charge on any atom is -0.493 e. The molecule has 0 bridgehead atoms. The van der Waals surface area contributed by atoms with Crippen molar-refractivity contribution in [3.63, 3.8) is 0 Å². The number of amides is 2. The number of ether oxygens (including phenoxy) is 2. The Morgan fingerprint density at radius 2 is 1.85 bits per heavy atom. The fourth-order valence-corrected chi connectivity index (χ4v) is 2.69. The van der Waals surface area contributed by atoms with Gasteiger partial charge < -0.3 is 9.47 Å². The summed E-state index contributed by atoms with van der Waals surface area (Å²) in [5, 5.41) is 1.24. The lowest BCUT2D eigenvalue weighted by atomic mass is 10.1. The van der Waals surface area contributed by atoms with Crippen LogP contribution in [0.3, 0.4) is 0 Å². The Morgan fingerprint density at radius 1 is 1.11 bits per heavy atom. The Bertz CT molecular complexity index is 877. The fourth-order valence-electron chi connectivity index (χ4n) is 2.69. The minimum absolute atomic E-state index is 0.0348. The molecule has 1 aliphatic rings. The van der Waals surface area contributed by atoms with E-state index < -0.39 is 11.8 Å². The SMILES string of the molecule is CCC(C)Oc1c(C=C2C(=O)NN(c3ccccc3)C2=O)cccc1OC. The molecule has 0 spiro atoms. The Kier molecular flexibility index (Phi) is 5.45. The highest BCUT2D eigenvalue weighted by atomic mass is 16.5. The molecule has 27 heavy (non-hydrogen) atoms. The number of rotatable bonds is 6. The van der Waals surface area contributed by atoms with E-state index in [1.165, 1.54) is 5.01 Å². The van der Waals surface area contributed by atoms with Crippen LogP contribution < -0.4 is 19.9 Å². The molecule has 1 N–H and O–H groups in total. The molecule has 0 aliphatic carbocycles. The van der Waals surface area contributed by atoms with Crippen molar-refractivity contribution < 1.29 is 19.1 Å². The number of nitrogens with zero attached hydrogens (tertiary/aromatic N) is 1. The summed E-state index contributed by atoms with van der Waals surface area (Å²) < 4.78 is 11.4. The number of methoxy groups -OCH3 is 1. The van der Waals surface area contributed by atoms with Gasteiger partial charge in [-0.05, 0) is 37.6 Å². The number of hydrogen-bond donors (Lipinski definition) is 1. The normalized spacial score (nSPS) is 16.4. The van der Waals surface area contributed by atoms with Crippen LogP contribution >= 0.6 is 0 Å². The average molecular weight is 366 g/mol. The lowest BCUT2D eigenvalue weighted by Crippen LogP contribution is -2.35. The van der Waals surface area contributed by atoms with Crippen molar-refractivity contribution >= 4 is 23.6 Å². The van der Waals surface area contributed by atoms with Gasteiger partial charge in [-0.1, -0.05) is 37.3 Å². The first-order valence-electron chi connectivity index (χ1n) is 8.81. The molecule has 1 aliphatic heterocycles. The van der Waals surface area contributed by atoms with E-state index in [4.69, 9.17) is 9.47 Å². The standard InChI is InChI=1S/C21H22N2O4/c1-4-14(2)27-19-15(9-8-12-18(19)26-3)13-17-20(24)22-23(21(17)25)16-10-6-5-7-11-16/h5-14H,4H2,1-3H3,(H,22,24). The highest BCUT2D eigenvalue weighted by Gasteiger charge is 2.34. The van der Waals surface area contributed by atoms with Crippen LogP contribution in [0.25, 0.3) is 6.08 Å². The summed E-state index contributed by atoms with van der Waals surface area (Å²) in [5.74, 6) is 0.195. The van der Waals surface area contributed by atoms with Gasteiger partial charge in [0.1, 0.15) is 5.57 Å². The molecule has 1 heterocycles. The molecule has 0 radical (unpaired) electrons. The number of hydrogen-bond acceptors (Lipinski definition) is 4. The number of carbonyl (C=O) groups is 2. The van der Waals surface area contributed by atoms with E-state index in [9.17, 15) is 9.59 Å². The van der Waals surface area contributed by atoms with Crippen molar-refractivity contribution in [2.75, 3.05) is 12.1 Å². The Morgan fingerprint density at radius 3 is 2.52 bits per heavy atom. The predicted octanol–water partition coefficient (Wildman–Crippen LogP) is 3.33. The molecule has 1 unspecified atom stereocenters. The summed E-state index contributed by atoms with van der Waals surface area (Å²) >= 11 is 0. The van der Waals surface area contributed by atoms with Crippen molar-refractivity contribution in [2.45, 2.75) is 26.4 Å². The van der Waals surface area contributed by atoms with Gasteiger partial charge in [0.2, 0.25) is 0 Å². The van der Waals surface area contributed by atoms with Crippen molar-refractivity contribution in [2.24, 2.45) is 0 Å². The van der Waals surface area contributed by atoms with E-state index in [0.717, 1.165) is 6.42 Å². The summed E-state index contributed by atoms with van der Waals surface area (Å²) in [6, 6.07) is 14.3. The molecule has 1 saturated heterocycles. The van der Waals surface area contributed by atoms with Crippen molar-refractivity contribution in [3.8, 4) is 11.5 Å². The van der Waals surface area contributed by atoms with E-state index in [1.54, 1.807) is 55.7 Å². The van der Waals surface area contributed by atoms with Crippen LogP contribution in [0.4, 0.5) is 5.69 Å². The second kappa shape index (κ2) is 7.95. The molecule has 0 aromatic heterocycles. The molecule has 6 nitrogen and oxygen atoms in total. The van der Waals surface area contributed by atoms with Gasteiger partial charge in [0.25, 0.3) is 11.8 Å². The van der Waals surface area contributed by atoms with Gasteiger partial charge in [0, 0.05) is 5.56 Å². The molecule has 2 aromatic carbocycles. The third-order valence-corrected chi connectivity index (χ3v) is 4.33. The fraction of sp³-hybridized carbons (Fsp3) is 0.238. The number of nitrogens with one attached hydrogen (secondary N) is 1. The number of anilines is 1. The van der Waals surface area contributed by atoms with Crippen LogP contribution in [0.5, 0.6) is 11.5 Å². The number of carbonyl (C=O) groups excluding carboxylic acids is 2. The largest absolute Gasteiger partial charge is 0.493 e. The lowest BCUT2D eigenvalue weighted by molar-refractivity contribution is -0.117. The van der Waals surface area contributed by atoms with Gasteiger partial charge in [-0.2, -0.15) is 0 Å². The molecular formula is C21H22N2O4. The number of benzene rings is 2. The summed E-state index contributed by atoms with van der Waals surface area (Å²) in [5.41, 5.74) is 3.85. The molecular weight excluding hydrogens is 344 g/mol. The second-order valence-corrected chi connectivity index (χ2v) is 6.19. The maximum Gasteiger partial charge on any atom is 0.282 e. The van der Waals surface area contributed by atoms with E-state index in [1.807, 2.05) is 19.9 Å². The van der Waals surface area contributed by atoms with E-state index in [-0.39, 0.29) is 11.7 Å². The third kappa shape index (κ3) is 3.79. The number of para-hydroxylation sites is 2. The van der Waals surface area contributed by atoms with Crippen LogP contribution in [0.15, 0.2) is 54.1 Å². The smallest absolute Gasteiger partial charge is 0.282 e. The lowest BCUT2D eigenvalue weighted by Gasteiger charge is -2.17. The maximum absolute atomic E-state index is 12.8. The topological polar surface area (TPSA) is 67.9 Å². The van der Waals surface area contributed by atoms with Crippen molar-refractivity contribution in [1.29, 1.82) is 0 Å². The second-order valence-electron chi connectivity index (χ2n) is 6.19. The molecule has 1 fully saturated rings. The van der Waals surface area contributed by atoms with Crippen LogP contribution in [0.1, 0.15) is 25.8 Å². The summed E-state index contributed by atoms with van der Waals surface area (Å²) in [4.78, 5) is 25.2. The van der Waals surface area contributed by atoms with Crippen molar-refractivity contribution in [1.82, 2.24) is 5.43 Å². The highest BCUT2D eigenvalue weighted by Crippen LogP contribution is 2.34. The Labute approximate surface area is 158 Å². The minimum atomic E-state index is -0.457. The maximum atomic E-state index is 12.8. The van der Waals surface area contributed by atoms with E-state index >= 15 is 0 Å². The van der Waals surface area contributed by atoms with Gasteiger partial charge in [0.15, 0.2) is 11.5 Å². The summed E-state index contributed by atoms with van der Waals surface area (Å²) in [7, 11) is 1.56. The molecule has 2 aromatic rings. The average Bonchev–Trinajstić information content (AvgIpc) is 2.97. The molecule has 140 valence electrons. The quantitative estimate of drug-likeness (QED) is 0.629. The Hall–Kier alpha value is -3.28. The first kappa shape index (κ1) is 18.5. The third-order valence-electron chi connectivity index (χ3n) is 4.33. The van der Waals surface area contributed by atoms with Gasteiger partial charge >= 0.3 is 0 Å². The van der Waals surface area contributed by atoms with Gasteiger partial charge in [-0.15, -0.1) is 0 Å². The van der Waals surface area contributed by atoms with E-state index in [2.05, 4.69) is 5.43 Å². The summed E-state index contributed by atoms with van der Waals surface area (Å²) in [6.07, 6.45) is 2.32. The first-order chi connectivity index (χ1) is 13.0. The molecule has 2 amide bonds. The monoisotopic (exact) mass is 366 g/mol. The van der Waals surface area contributed by atoms with Gasteiger partial charge in [-0.25, -0.2) is 5.01 Å². The zero-order valence-corrected chi connectivity index (χ0v) is 15.6. The molecule has 1 atom stereocenters. The summed E-state index contributed by atoms with van der Waals surface area (Å²) in [6.45, 7) is 3.97. The highest BCUT2D eigenvalue weighted by molar-refractivity contribution is 6.31. The van der Waals surface area contributed by atoms with Crippen LogP contribution in [0.2, 0.25) is 0 Å². The molecule has 6 heteroatoms. The predicted molar refractivity (Wildman–Crippen MR) is 103 cm³/mol. The zero-order valence-electron chi connectivity index (χ0n) is 15.6. The van der Waals surface area contributed by atoms with Gasteiger partial charge in [-0.3, -0.25) is 15.0 Å². The molecule has 3 rings (SSSR count). The van der Waals surface area contributed by atoms with Crippen LogP contribution in [-0.4, -0.2) is 25.0 Å². The van der Waals surface area contributed by atoms with Crippen LogP contribution in [-0.2, 0) is 9.59 Å². The van der Waals surface area contributed by atoms with Crippen molar-refractivity contribution in [3.05, 3.63) is 59.7 Å². The first-order valence-corrected chi connectivity index (χ1v) is 8.81. The number of hydrazine groups is 1. The zero-order chi connectivity index (χ0) is 19.4. The van der Waals surface area contributed by atoms with Crippen LogP contribution in [0, 0.1) is 0 Å². The molecule has 0 saturated carbocycles. The Balaban J connectivity index is 1.99. The van der Waals surface area contributed by atoms with Gasteiger partial charge in [0.05, 0.1) is 18.9 Å². The van der Waals surface area contributed by atoms with E-state index in [0.29, 0.717) is 22.7 Å².